The van der Waals surface area contributed by atoms with Gasteiger partial charge in [-0.25, -0.2) is 4.98 Å². The molecule has 0 aliphatic heterocycles. The van der Waals surface area contributed by atoms with Gasteiger partial charge in [-0.05, 0) is 0 Å². The molecule has 4 heteroatoms. The Bertz CT molecular complexity index is 730. The number of benzene rings is 2. The number of nitrogens with one attached hydrogen (secondary N) is 1. The van der Waals surface area contributed by atoms with Gasteiger partial charge in [-0.1, -0.05) is 54.6 Å². The van der Waals surface area contributed by atoms with Gasteiger partial charge in [-0.2, -0.15) is 0 Å². The van der Waals surface area contributed by atoms with Crippen molar-refractivity contribution in [2.75, 3.05) is 0 Å². The van der Waals surface area contributed by atoms with Crippen LogP contribution in [0.4, 0.5) is 0 Å². The molecule has 3 nitrogen and oxygen atoms in total. The first-order valence-corrected chi connectivity index (χ1v) is 7.08. The van der Waals surface area contributed by atoms with Crippen LogP contribution in [-0.2, 0) is 0 Å². The maximum absolute atomic E-state index is 7.39. The van der Waals surface area contributed by atoms with Gasteiger partial charge >= 0.3 is 0 Å². The Morgan fingerprint density at radius 1 is 0.950 bits per heavy atom. The Kier molecular flexibility index (Phi) is 3.31. The third kappa shape index (κ3) is 2.46. The summed E-state index contributed by atoms with van der Waals surface area (Å²) in [6.45, 7) is 0. The Morgan fingerprint density at radius 3 is 2.30 bits per heavy atom. The third-order valence-electron chi connectivity index (χ3n) is 3.02. The molecule has 0 fully saturated rings. The molecule has 0 aliphatic rings. The molecule has 20 heavy (non-hydrogen) atoms. The van der Waals surface area contributed by atoms with E-state index in [2.05, 4.69) is 17.1 Å². The average molecular weight is 279 g/mol. The number of amidine groups is 1. The predicted octanol–water partition coefficient (Wildman–Crippen LogP) is 3.76. The molecule has 1 heterocycles. The minimum atomic E-state index is 0.0832. The summed E-state index contributed by atoms with van der Waals surface area (Å²) in [6, 6.07) is 17.7. The Morgan fingerprint density at radius 2 is 1.65 bits per heavy atom. The first-order valence-electron chi connectivity index (χ1n) is 6.20. The lowest BCUT2D eigenvalue weighted by atomic mass is 10.1. The maximum Gasteiger partial charge on any atom is 0.124 e. The summed E-state index contributed by atoms with van der Waals surface area (Å²) in [7, 11) is 0. The topological polar surface area (TPSA) is 62.8 Å². The van der Waals surface area contributed by atoms with Crippen molar-refractivity contribution in [3.63, 3.8) is 0 Å². The van der Waals surface area contributed by atoms with E-state index in [1.54, 1.807) is 11.3 Å². The maximum atomic E-state index is 7.39. The van der Waals surface area contributed by atoms with Crippen LogP contribution in [0.15, 0.2) is 60.0 Å². The van der Waals surface area contributed by atoms with Gasteiger partial charge in [0.05, 0.1) is 5.69 Å². The van der Waals surface area contributed by atoms with Gasteiger partial charge in [0.25, 0.3) is 0 Å². The average Bonchev–Trinajstić information content (AvgIpc) is 2.98. The lowest BCUT2D eigenvalue weighted by Crippen LogP contribution is -2.10. The molecule has 0 amide bonds. The van der Waals surface area contributed by atoms with E-state index in [0.717, 1.165) is 27.4 Å². The Labute approximate surface area is 121 Å². The van der Waals surface area contributed by atoms with Gasteiger partial charge in [-0.15, -0.1) is 11.3 Å². The standard InChI is InChI=1S/C16H13N3S/c17-15(18)12-8-6-11(7-9-12)14-10-20-16(19-14)13-4-2-1-3-5-13/h1-10H,(H3,17,18). The van der Waals surface area contributed by atoms with Crippen molar-refractivity contribution < 1.29 is 0 Å². The molecule has 2 aromatic carbocycles. The monoisotopic (exact) mass is 279 g/mol. The van der Waals surface area contributed by atoms with E-state index in [4.69, 9.17) is 11.1 Å². The molecular formula is C16H13N3S. The lowest BCUT2D eigenvalue weighted by molar-refractivity contribution is 1.39. The molecule has 3 aromatic rings. The van der Waals surface area contributed by atoms with Gasteiger partial charge in [0, 0.05) is 22.1 Å². The van der Waals surface area contributed by atoms with Crippen LogP contribution < -0.4 is 5.73 Å². The molecule has 3 N–H and O–H groups in total. The molecule has 0 spiro atoms. The highest BCUT2D eigenvalue weighted by molar-refractivity contribution is 7.13. The molecule has 0 radical (unpaired) electrons. The van der Waals surface area contributed by atoms with Crippen molar-refractivity contribution in [1.29, 1.82) is 5.41 Å². The molecule has 0 atom stereocenters. The summed E-state index contributed by atoms with van der Waals surface area (Å²) in [6.07, 6.45) is 0. The number of aromatic nitrogens is 1. The first kappa shape index (κ1) is 12.6. The van der Waals surface area contributed by atoms with Crippen LogP contribution in [0.1, 0.15) is 5.56 Å². The molecule has 0 unspecified atom stereocenters. The van der Waals surface area contributed by atoms with E-state index in [0.29, 0.717) is 0 Å². The van der Waals surface area contributed by atoms with E-state index in [9.17, 15) is 0 Å². The molecule has 0 saturated heterocycles. The van der Waals surface area contributed by atoms with Crippen molar-refractivity contribution in [2.24, 2.45) is 5.73 Å². The number of nitrogens with two attached hydrogens (primary N) is 1. The minimum absolute atomic E-state index is 0.0832. The van der Waals surface area contributed by atoms with Crippen LogP contribution in [0.3, 0.4) is 0 Å². The molecule has 0 bridgehead atoms. The van der Waals surface area contributed by atoms with E-state index < -0.39 is 0 Å². The summed E-state index contributed by atoms with van der Waals surface area (Å²) < 4.78 is 0. The fraction of sp³-hybridized carbons (Fsp3) is 0. The number of nitrogens with zero attached hydrogens (tertiary/aromatic N) is 1. The quantitative estimate of drug-likeness (QED) is 0.566. The highest BCUT2D eigenvalue weighted by Gasteiger charge is 2.06. The molecular weight excluding hydrogens is 266 g/mol. The van der Waals surface area contributed by atoms with Gasteiger partial charge < -0.3 is 5.73 Å². The number of hydrogen-bond donors (Lipinski definition) is 2. The van der Waals surface area contributed by atoms with Gasteiger partial charge in [0.2, 0.25) is 0 Å². The first-order chi connectivity index (χ1) is 9.74. The van der Waals surface area contributed by atoms with Crippen LogP contribution in [-0.4, -0.2) is 10.8 Å². The minimum Gasteiger partial charge on any atom is -0.384 e. The second-order valence-corrected chi connectivity index (χ2v) is 5.25. The third-order valence-corrected chi connectivity index (χ3v) is 3.91. The second kappa shape index (κ2) is 5.27. The number of rotatable bonds is 3. The van der Waals surface area contributed by atoms with Gasteiger partial charge in [0.15, 0.2) is 0 Å². The smallest absolute Gasteiger partial charge is 0.124 e. The van der Waals surface area contributed by atoms with E-state index in [1.807, 2.05) is 47.8 Å². The van der Waals surface area contributed by atoms with E-state index in [1.165, 1.54) is 0 Å². The van der Waals surface area contributed by atoms with Crippen molar-refractivity contribution in [3.05, 3.63) is 65.5 Å². The number of hydrogen-bond acceptors (Lipinski definition) is 3. The number of thiazole rings is 1. The van der Waals surface area contributed by atoms with Crippen LogP contribution in [0.25, 0.3) is 21.8 Å². The van der Waals surface area contributed by atoms with Gasteiger partial charge in [-0.3, -0.25) is 5.41 Å². The van der Waals surface area contributed by atoms with Gasteiger partial charge in [0.1, 0.15) is 10.8 Å². The predicted molar refractivity (Wildman–Crippen MR) is 84.0 cm³/mol. The molecule has 1 aromatic heterocycles. The summed E-state index contributed by atoms with van der Waals surface area (Å²) in [5, 5.41) is 10.4. The van der Waals surface area contributed by atoms with Crippen LogP contribution >= 0.6 is 11.3 Å². The van der Waals surface area contributed by atoms with Crippen molar-refractivity contribution in [2.45, 2.75) is 0 Å². The number of nitrogen functional groups attached to an aromatic ring is 1. The molecule has 98 valence electrons. The summed E-state index contributed by atoms with van der Waals surface area (Å²) >= 11 is 1.63. The molecule has 3 rings (SSSR count). The Balaban J connectivity index is 1.92. The fourth-order valence-electron chi connectivity index (χ4n) is 1.94. The van der Waals surface area contributed by atoms with Crippen molar-refractivity contribution in [1.82, 2.24) is 4.98 Å². The molecule has 0 saturated carbocycles. The van der Waals surface area contributed by atoms with E-state index >= 15 is 0 Å². The van der Waals surface area contributed by atoms with Crippen molar-refractivity contribution >= 4 is 17.2 Å². The summed E-state index contributed by atoms with van der Waals surface area (Å²) in [5.41, 5.74) is 9.29. The summed E-state index contributed by atoms with van der Waals surface area (Å²) in [4.78, 5) is 4.66. The zero-order valence-electron chi connectivity index (χ0n) is 10.7. The zero-order chi connectivity index (χ0) is 13.9. The Hall–Kier alpha value is -2.46. The SMILES string of the molecule is N=C(N)c1ccc(-c2csc(-c3ccccc3)n2)cc1. The van der Waals surface area contributed by atoms with Crippen molar-refractivity contribution in [3.8, 4) is 21.8 Å². The van der Waals surface area contributed by atoms with Crippen LogP contribution in [0, 0.1) is 5.41 Å². The lowest BCUT2D eigenvalue weighted by Gasteiger charge is -2.00. The molecule has 0 aliphatic carbocycles. The zero-order valence-corrected chi connectivity index (χ0v) is 11.5. The van der Waals surface area contributed by atoms with Crippen LogP contribution in [0.5, 0.6) is 0 Å². The highest BCUT2D eigenvalue weighted by atomic mass is 32.1. The van der Waals surface area contributed by atoms with Crippen LogP contribution in [0.2, 0.25) is 0 Å². The highest BCUT2D eigenvalue weighted by Crippen LogP contribution is 2.28. The van der Waals surface area contributed by atoms with E-state index in [-0.39, 0.29) is 5.84 Å². The summed E-state index contributed by atoms with van der Waals surface area (Å²) in [5.74, 6) is 0.0832. The largest absolute Gasteiger partial charge is 0.384 e. The normalized spacial score (nSPS) is 10.4. The fourth-order valence-corrected chi connectivity index (χ4v) is 2.78. The second-order valence-electron chi connectivity index (χ2n) is 4.39.